The number of primary amides is 1. The Balaban J connectivity index is 2.27. The van der Waals surface area contributed by atoms with Crippen molar-refractivity contribution in [2.75, 3.05) is 0 Å². The number of sulfonamides is 1. The summed E-state index contributed by atoms with van der Waals surface area (Å²) in [6, 6.07) is 0.916. The Morgan fingerprint density at radius 1 is 1.59 bits per heavy atom. The molecule has 1 aromatic rings. The van der Waals surface area contributed by atoms with Crippen LogP contribution in [0.2, 0.25) is 0 Å². The Labute approximate surface area is 98.8 Å². The highest BCUT2D eigenvalue weighted by Crippen LogP contribution is 2.22. The molecule has 0 saturated heterocycles. The SMILES string of the molecule is Cn1cc(S(=O)(=O)NC2CC2N)cc1C(N)=O. The lowest BCUT2D eigenvalue weighted by Crippen LogP contribution is -2.29. The first-order chi connectivity index (χ1) is 7.81. The average molecular weight is 258 g/mol. The summed E-state index contributed by atoms with van der Waals surface area (Å²) in [6.45, 7) is 0. The molecule has 1 amide bonds. The molecule has 7 nitrogen and oxygen atoms in total. The molecule has 8 heteroatoms. The molecule has 17 heavy (non-hydrogen) atoms. The Kier molecular flexibility index (Phi) is 2.72. The molecule has 1 aromatic heterocycles. The Bertz CT molecular complexity index is 563. The highest BCUT2D eigenvalue weighted by atomic mass is 32.2. The van der Waals surface area contributed by atoms with Crippen molar-refractivity contribution in [3.8, 4) is 0 Å². The molecule has 1 fully saturated rings. The van der Waals surface area contributed by atoms with Gasteiger partial charge in [-0.25, -0.2) is 13.1 Å². The fourth-order valence-electron chi connectivity index (χ4n) is 1.54. The molecule has 1 heterocycles. The molecule has 94 valence electrons. The maximum Gasteiger partial charge on any atom is 0.265 e. The zero-order valence-corrected chi connectivity index (χ0v) is 10.1. The Morgan fingerprint density at radius 2 is 2.18 bits per heavy atom. The van der Waals surface area contributed by atoms with E-state index in [-0.39, 0.29) is 22.7 Å². The first-order valence-corrected chi connectivity index (χ1v) is 6.53. The van der Waals surface area contributed by atoms with Crippen molar-refractivity contribution in [3.05, 3.63) is 18.0 Å². The summed E-state index contributed by atoms with van der Waals surface area (Å²) in [6.07, 6.45) is 1.98. The van der Waals surface area contributed by atoms with Crippen molar-refractivity contribution >= 4 is 15.9 Å². The number of aromatic nitrogens is 1. The molecule has 1 aliphatic rings. The van der Waals surface area contributed by atoms with Crippen molar-refractivity contribution in [2.45, 2.75) is 23.4 Å². The summed E-state index contributed by atoms with van der Waals surface area (Å²) in [5, 5.41) is 0. The minimum Gasteiger partial charge on any atom is -0.364 e. The van der Waals surface area contributed by atoms with E-state index in [0.717, 1.165) is 0 Å². The van der Waals surface area contributed by atoms with Gasteiger partial charge < -0.3 is 16.0 Å². The Morgan fingerprint density at radius 3 is 2.59 bits per heavy atom. The van der Waals surface area contributed by atoms with E-state index in [1.807, 2.05) is 0 Å². The normalized spacial score (nSPS) is 23.6. The molecule has 0 aromatic carbocycles. The number of nitrogens with two attached hydrogens (primary N) is 2. The monoisotopic (exact) mass is 258 g/mol. The predicted molar refractivity (Wildman–Crippen MR) is 60.6 cm³/mol. The maximum absolute atomic E-state index is 11.9. The summed E-state index contributed by atoms with van der Waals surface area (Å²) < 4.78 is 27.6. The molecule has 1 saturated carbocycles. The van der Waals surface area contributed by atoms with E-state index in [0.29, 0.717) is 6.42 Å². The minimum atomic E-state index is -3.62. The zero-order chi connectivity index (χ0) is 12.8. The predicted octanol–water partition coefficient (Wildman–Crippen LogP) is -1.50. The van der Waals surface area contributed by atoms with Gasteiger partial charge in [-0.2, -0.15) is 0 Å². The van der Waals surface area contributed by atoms with Gasteiger partial charge in [0.05, 0.1) is 0 Å². The van der Waals surface area contributed by atoms with E-state index in [2.05, 4.69) is 4.72 Å². The summed E-state index contributed by atoms with van der Waals surface area (Å²) in [4.78, 5) is 11.0. The van der Waals surface area contributed by atoms with Crippen LogP contribution in [0.5, 0.6) is 0 Å². The quantitative estimate of drug-likeness (QED) is 0.608. The number of nitrogens with zero attached hydrogens (tertiary/aromatic N) is 1. The van der Waals surface area contributed by atoms with Crippen molar-refractivity contribution in [1.82, 2.24) is 9.29 Å². The molecule has 2 rings (SSSR count). The van der Waals surface area contributed by atoms with Gasteiger partial charge in [0.1, 0.15) is 10.6 Å². The number of amides is 1. The van der Waals surface area contributed by atoms with Gasteiger partial charge in [-0.15, -0.1) is 0 Å². The summed E-state index contributed by atoms with van der Waals surface area (Å²) in [5.41, 5.74) is 10.8. The molecule has 0 aliphatic heterocycles. The fourth-order valence-corrected chi connectivity index (χ4v) is 2.91. The molecule has 0 bridgehead atoms. The largest absolute Gasteiger partial charge is 0.364 e. The third kappa shape index (κ3) is 2.33. The smallest absolute Gasteiger partial charge is 0.265 e. The van der Waals surface area contributed by atoms with Gasteiger partial charge in [-0.1, -0.05) is 0 Å². The molecular formula is C9H14N4O3S. The number of carbonyl (C=O) groups excluding carboxylic acids is 1. The number of hydrogen-bond acceptors (Lipinski definition) is 4. The first-order valence-electron chi connectivity index (χ1n) is 5.05. The molecule has 0 spiro atoms. The van der Waals surface area contributed by atoms with Gasteiger partial charge >= 0.3 is 0 Å². The number of rotatable bonds is 4. The zero-order valence-electron chi connectivity index (χ0n) is 9.25. The number of carbonyl (C=O) groups is 1. The lowest BCUT2D eigenvalue weighted by atomic mass is 10.4. The van der Waals surface area contributed by atoms with Crippen LogP contribution < -0.4 is 16.2 Å². The molecule has 2 atom stereocenters. The second kappa shape index (κ2) is 3.83. The minimum absolute atomic E-state index is 0.0212. The van der Waals surface area contributed by atoms with E-state index >= 15 is 0 Å². The topological polar surface area (TPSA) is 120 Å². The number of hydrogen-bond donors (Lipinski definition) is 3. The average Bonchev–Trinajstić information content (AvgIpc) is 2.74. The summed E-state index contributed by atoms with van der Waals surface area (Å²) in [5.74, 6) is -0.669. The number of nitrogens with one attached hydrogen (secondary N) is 1. The third-order valence-electron chi connectivity index (χ3n) is 2.69. The molecular weight excluding hydrogens is 244 g/mol. The van der Waals surface area contributed by atoms with Crippen LogP contribution in [0.15, 0.2) is 17.2 Å². The van der Waals surface area contributed by atoms with Crippen molar-refractivity contribution in [3.63, 3.8) is 0 Å². The van der Waals surface area contributed by atoms with Crippen molar-refractivity contribution < 1.29 is 13.2 Å². The van der Waals surface area contributed by atoms with Crippen molar-refractivity contribution in [2.24, 2.45) is 18.5 Å². The van der Waals surface area contributed by atoms with E-state index in [9.17, 15) is 13.2 Å². The second-order valence-electron chi connectivity index (χ2n) is 4.16. The highest BCUT2D eigenvalue weighted by Gasteiger charge is 2.37. The first kappa shape index (κ1) is 12.1. The van der Waals surface area contributed by atoms with E-state index in [4.69, 9.17) is 11.5 Å². The van der Waals surface area contributed by atoms with Gasteiger partial charge in [0.2, 0.25) is 10.0 Å². The summed E-state index contributed by atoms with van der Waals surface area (Å²) >= 11 is 0. The van der Waals surface area contributed by atoms with Crippen LogP contribution in [0.4, 0.5) is 0 Å². The van der Waals surface area contributed by atoms with Gasteiger partial charge in [-0.05, 0) is 12.5 Å². The second-order valence-corrected chi connectivity index (χ2v) is 5.88. The van der Waals surface area contributed by atoms with Crippen LogP contribution in [-0.2, 0) is 17.1 Å². The van der Waals surface area contributed by atoms with E-state index < -0.39 is 15.9 Å². The number of aryl methyl sites for hydroxylation is 1. The van der Waals surface area contributed by atoms with Crippen LogP contribution in [0.1, 0.15) is 16.9 Å². The highest BCUT2D eigenvalue weighted by molar-refractivity contribution is 7.89. The van der Waals surface area contributed by atoms with E-state index in [1.165, 1.54) is 16.8 Å². The molecule has 5 N–H and O–H groups in total. The van der Waals surface area contributed by atoms with Crippen LogP contribution in [-0.4, -0.2) is 31.0 Å². The fraction of sp³-hybridized carbons (Fsp3) is 0.444. The van der Waals surface area contributed by atoms with E-state index in [1.54, 1.807) is 7.05 Å². The summed E-state index contributed by atoms with van der Waals surface area (Å²) in [7, 11) is -2.07. The standard InChI is InChI=1S/C9H14N4O3S/c1-13-4-5(2-8(13)9(11)14)17(15,16)12-7-3-6(7)10/h2,4,6-7,12H,3,10H2,1H3,(H2,11,14). The third-order valence-corrected chi connectivity index (χ3v) is 4.15. The van der Waals surface area contributed by atoms with Gasteiger partial charge in [0.15, 0.2) is 0 Å². The molecule has 0 radical (unpaired) electrons. The van der Waals surface area contributed by atoms with Gasteiger partial charge in [0, 0.05) is 25.3 Å². The van der Waals surface area contributed by atoms with Crippen LogP contribution in [0.3, 0.4) is 0 Å². The van der Waals surface area contributed by atoms with Crippen molar-refractivity contribution in [1.29, 1.82) is 0 Å². The van der Waals surface area contributed by atoms with Gasteiger partial charge in [0.25, 0.3) is 5.91 Å². The van der Waals surface area contributed by atoms with Gasteiger partial charge in [-0.3, -0.25) is 4.79 Å². The van der Waals surface area contributed by atoms with Crippen LogP contribution in [0.25, 0.3) is 0 Å². The lowest BCUT2D eigenvalue weighted by Gasteiger charge is -2.02. The Hall–Kier alpha value is -1.38. The van der Waals surface area contributed by atoms with Crippen LogP contribution >= 0.6 is 0 Å². The van der Waals surface area contributed by atoms with Crippen LogP contribution in [0, 0.1) is 0 Å². The molecule has 1 aliphatic carbocycles. The maximum atomic E-state index is 11.9. The lowest BCUT2D eigenvalue weighted by molar-refractivity contribution is 0.0992. The molecule has 2 unspecified atom stereocenters.